The van der Waals surface area contributed by atoms with Crippen molar-refractivity contribution in [1.29, 1.82) is 0 Å². The van der Waals surface area contributed by atoms with E-state index in [1.165, 1.54) is 6.42 Å². The lowest BCUT2D eigenvalue weighted by Gasteiger charge is -2.20. The van der Waals surface area contributed by atoms with Gasteiger partial charge in [-0.2, -0.15) is 0 Å². The second-order valence-corrected chi connectivity index (χ2v) is 5.56. The zero-order valence-electron chi connectivity index (χ0n) is 12.2. The molecule has 0 radical (unpaired) electrons. The molecule has 0 saturated heterocycles. The first-order chi connectivity index (χ1) is 9.09. The van der Waals surface area contributed by atoms with E-state index in [1.807, 2.05) is 14.1 Å². The van der Waals surface area contributed by atoms with Gasteiger partial charge in [0.2, 0.25) is 11.8 Å². The van der Waals surface area contributed by atoms with Crippen molar-refractivity contribution in [2.45, 2.75) is 38.5 Å². The van der Waals surface area contributed by atoms with E-state index in [2.05, 4.69) is 15.5 Å². The Morgan fingerprint density at radius 1 is 1.11 bits per heavy atom. The van der Waals surface area contributed by atoms with Crippen LogP contribution in [0.4, 0.5) is 0 Å². The maximum Gasteiger partial charge on any atom is 0.239 e. The molecule has 19 heavy (non-hydrogen) atoms. The third-order valence-corrected chi connectivity index (χ3v) is 3.50. The fourth-order valence-corrected chi connectivity index (χ4v) is 2.36. The summed E-state index contributed by atoms with van der Waals surface area (Å²) in [7, 11) is 4.01. The van der Waals surface area contributed by atoms with Gasteiger partial charge >= 0.3 is 0 Å². The fraction of sp³-hybridized carbons (Fsp3) is 0.857. The molecule has 0 bridgehead atoms. The number of rotatable bonds is 7. The second-order valence-electron chi connectivity index (χ2n) is 5.56. The minimum absolute atomic E-state index is 0.0446. The van der Waals surface area contributed by atoms with Gasteiger partial charge in [0.05, 0.1) is 6.54 Å². The van der Waals surface area contributed by atoms with E-state index in [4.69, 9.17) is 0 Å². The zero-order chi connectivity index (χ0) is 14.1. The van der Waals surface area contributed by atoms with Crippen molar-refractivity contribution in [3.63, 3.8) is 0 Å². The molecule has 2 N–H and O–H groups in total. The molecule has 1 saturated carbocycles. The summed E-state index contributed by atoms with van der Waals surface area (Å²) in [6.45, 7) is 1.72. The van der Waals surface area contributed by atoms with E-state index in [0.29, 0.717) is 6.54 Å². The molecule has 1 aliphatic rings. The smallest absolute Gasteiger partial charge is 0.239 e. The molecule has 5 nitrogen and oxygen atoms in total. The van der Waals surface area contributed by atoms with Gasteiger partial charge in [0.15, 0.2) is 0 Å². The van der Waals surface area contributed by atoms with Crippen LogP contribution in [-0.2, 0) is 9.59 Å². The van der Waals surface area contributed by atoms with Crippen molar-refractivity contribution >= 4 is 11.8 Å². The van der Waals surface area contributed by atoms with Crippen LogP contribution in [0, 0.1) is 5.92 Å². The van der Waals surface area contributed by atoms with Crippen LogP contribution >= 0.6 is 0 Å². The maximum atomic E-state index is 11.8. The van der Waals surface area contributed by atoms with E-state index in [-0.39, 0.29) is 24.3 Å². The molecule has 2 amide bonds. The van der Waals surface area contributed by atoms with Crippen LogP contribution in [0.5, 0.6) is 0 Å². The standard InChI is InChI=1S/C14H27N3O2/c1-17(2)10-6-9-15-13(18)11-16-14(19)12-7-4-3-5-8-12/h12H,3-11H2,1-2H3,(H,15,18)(H,16,19). The molecule has 0 atom stereocenters. The first-order valence-electron chi connectivity index (χ1n) is 7.28. The Kier molecular flexibility index (Phi) is 7.48. The number of carbonyl (C=O) groups excluding carboxylic acids is 2. The van der Waals surface area contributed by atoms with Gasteiger partial charge in [-0.25, -0.2) is 0 Å². The summed E-state index contributed by atoms with van der Waals surface area (Å²) in [6, 6.07) is 0. The van der Waals surface area contributed by atoms with Crippen molar-refractivity contribution in [1.82, 2.24) is 15.5 Å². The van der Waals surface area contributed by atoms with E-state index >= 15 is 0 Å². The Morgan fingerprint density at radius 2 is 1.79 bits per heavy atom. The molecule has 0 aliphatic heterocycles. The molecule has 5 heteroatoms. The summed E-state index contributed by atoms with van der Waals surface area (Å²) in [5, 5.41) is 5.56. The molecule has 0 heterocycles. The Bertz CT molecular complexity index is 286. The molecule has 110 valence electrons. The highest BCUT2D eigenvalue weighted by Gasteiger charge is 2.21. The number of amides is 2. The lowest BCUT2D eigenvalue weighted by Crippen LogP contribution is -2.40. The van der Waals surface area contributed by atoms with Crippen molar-refractivity contribution < 1.29 is 9.59 Å². The Hall–Kier alpha value is -1.10. The van der Waals surface area contributed by atoms with Gasteiger partial charge in [0.25, 0.3) is 0 Å². The molecule has 1 fully saturated rings. The number of hydrogen-bond acceptors (Lipinski definition) is 3. The lowest BCUT2D eigenvalue weighted by atomic mass is 9.89. The van der Waals surface area contributed by atoms with Gasteiger partial charge in [0.1, 0.15) is 0 Å². The van der Waals surface area contributed by atoms with Crippen LogP contribution in [0.1, 0.15) is 38.5 Å². The second kappa shape index (κ2) is 8.91. The SMILES string of the molecule is CN(C)CCCNC(=O)CNC(=O)C1CCCCC1. The minimum atomic E-state index is -0.0945. The number of hydrogen-bond donors (Lipinski definition) is 2. The highest BCUT2D eigenvalue weighted by atomic mass is 16.2. The molecular weight excluding hydrogens is 242 g/mol. The first-order valence-corrected chi connectivity index (χ1v) is 7.28. The van der Waals surface area contributed by atoms with E-state index in [9.17, 15) is 9.59 Å². The summed E-state index contributed by atoms with van der Waals surface area (Å²) in [4.78, 5) is 25.4. The quantitative estimate of drug-likeness (QED) is 0.671. The highest BCUT2D eigenvalue weighted by molar-refractivity contribution is 5.85. The summed E-state index contributed by atoms with van der Waals surface area (Å²) < 4.78 is 0. The lowest BCUT2D eigenvalue weighted by molar-refractivity contribution is -0.129. The minimum Gasteiger partial charge on any atom is -0.355 e. The van der Waals surface area contributed by atoms with Gasteiger partial charge in [0, 0.05) is 12.5 Å². The Labute approximate surface area is 116 Å². The molecule has 0 aromatic carbocycles. The number of nitrogens with zero attached hydrogens (tertiary/aromatic N) is 1. The molecule has 0 unspecified atom stereocenters. The first kappa shape index (κ1) is 16.0. The molecule has 1 aliphatic carbocycles. The van der Waals surface area contributed by atoms with Crippen LogP contribution in [0.25, 0.3) is 0 Å². The van der Waals surface area contributed by atoms with E-state index < -0.39 is 0 Å². The average molecular weight is 269 g/mol. The molecule has 0 aromatic heterocycles. The monoisotopic (exact) mass is 269 g/mol. The third kappa shape index (κ3) is 7.15. The fourth-order valence-electron chi connectivity index (χ4n) is 2.36. The summed E-state index contributed by atoms with van der Waals surface area (Å²) in [6.07, 6.45) is 6.36. The van der Waals surface area contributed by atoms with Gasteiger partial charge in [-0.3, -0.25) is 9.59 Å². The van der Waals surface area contributed by atoms with Crippen molar-refractivity contribution in [2.75, 3.05) is 33.7 Å². The Morgan fingerprint density at radius 3 is 2.42 bits per heavy atom. The average Bonchev–Trinajstić information content (AvgIpc) is 2.41. The van der Waals surface area contributed by atoms with E-state index in [1.54, 1.807) is 0 Å². The Balaban J connectivity index is 2.07. The van der Waals surface area contributed by atoms with Crippen LogP contribution in [-0.4, -0.2) is 50.4 Å². The summed E-state index contributed by atoms with van der Waals surface area (Å²) in [5.74, 6) is 0.0707. The van der Waals surface area contributed by atoms with Gasteiger partial charge in [-0.05, 0) is 39.9 Å². The predicted molar refractivity (Wildman–Crippen MR) is 75.8 cm³/mol. The van der Waals surface area contributed by atoms with E-state index in [0.717, 1.165) is 38.6 Å². The van der Waals surface area contributed by atoms with Crippen LogP contribution in [0.2, 0.25) is 0 Å². The van der Waals surface area contributed by atoms with Crippen LogP contribution in [0.15, 0.2) is 0 Å². The van der Waals surface area contributed by atoms with Crippen molar-refractivity contribution in [3.05, 3.63) is 0 Å². The van der Waals surface area contributed by atoms with Crippen molar-refractivity contribution in [2.24, 2.45) is 5.92 Å². The topological polar surface area (TPSA) is 61.4 Å². The van der Waals surface area contributed by atoms with Crippen molar-refractivity contribution in [3.8, 4) is 0 Å². The van der Waals surface area contributed by atoms with Gasteiger partial charge in [-0.1, -0.05) is 19.3 Å². The van der Waals surface area contributed by atoms with Gasteiger partial charge < -0.3 is 15.5 Å². The highest BCUT2D eigenvalue weighted by Crippen LogP contribution is 2.23. The molecule has 0 spiro atoms. The van der Waals surface area contributed by atoms with Crippen LogP contribution < -0.4 is 10.6 Å². The molecule has 0 aromatic rings. The summed E-state index contributed by atoms with van der Waals surface area (Å²) >= 11 is 0. The molecule has 1 rings (SSSR count). The third-order valence-electron chi connectivity index (χ3n) is 3.50. The number of nitrogens with one attached hydrogen (secondary N) is 2. The predicted octanol–water partition coefficient (Wildman–Crippen LogP) is 0.751. The molecular formula is C14H27N3O2. The zero-order valence-corrected chi connectivity index (χ0v) is 12.2. The maximum absolute atomic E-state index is 11.8. The van der Waals surface area contributed by atoms with Gasteiger partial charge in [-0.15, -0.1) is 0 Å². The summed E-state index contributed by atoms with van der Waals surface area (Å²) in [5.41, 5.74) is 0. The normalized spacial score (nSPS) is 16.4. The van der Waals surface area contributed by atoms with Crippen LogP contribution in [0.3, 0.4) is 0 Å². The number of carbonyl (C=O) groups is 2. The largest absolute Gasteiger partial charge is 0.355 e.